The molecule has 0 unspecified atom stereocenters. The summed E-state index contributed by atoms with van der Waals surface area (Å²) in [7, 11) is 0. The van der Waals surface area contributed by atoms with Crippen LogP contribution in [0.3, 0.4) is 0 Å². The highest BCUT2D eigenvalue weighted by molar-refractivity contribution is 6.19. The van der Waals surface area contributed by atoms with Crippen LogP contribution >= 0.6 is 0 Å². The lowest BCUT2D eigenvalue weighted by Crippen LogP contribution is -2.50. The Morgan fingerprint density at radius 2 is 1.83 bits per heavy atom. The van der Waals surface area contributed by atoms with E-state index in [9.17, 15) is 14.9 Å². The average Bonchev–Trinajstić information content (AvgIpc) is 3.02. The van der Waals surface area contributed by atoms with Crippen molar-refractivity contribution in [2.45, 2.75) is 31.6 Å². The number of aryl methyl sites for hydroxylation is 1. The van der Waals surface area contributed by atoms with Gasteiger partial charge in [0.2, 0.25) is 5.91 Å². The van der Waals surface area contributed by atoms with Gasteiger partial charge in [0.15, 0.2) is 5.78 Å². The number of hydrogen-bond acceptors (Lipinski definition) is 5. The Morgan fingerprint density at radius 1 is 1.10 bits per heavy atom. The number of benzene rings is 2. The molecule has 1 amide bonds. The van der Waals surface area contributed by atoms with Crippen LogP contribution in [0.1, 0.15) is 30.4 Å². The highest BCUT2D eigenvalue weighted by atomic mass is 16.2. The minimum absolute atomic E-state index is 0.0968. The molecule has 148 valence electrons. The highest BCUT2D eigenvalue weighted by Crippen LogP contribution is 2.54. The summed E-state index contributed by atoms with van der Waals surface area (Å²) in [4.78, 5) is 28.5. The van der Waals surface area contributed by atoms with Crippen LogP contribution in [-0.2, 0) is 15.0 Å². The van der Waals surface area contributed by atoms with E-state index in [1.165, 1.54) is 0 Å². The zero-order chi connectivity index (χ0) is 21.0. The molecular weight excluding hydrogens is 376 g/mol. The Bertz CT molecular complexity index is 1220. The summed E-state index contributed by atoms with van der Waals surface area (Å²) in [5.74, 6) is -0.309. The van der Waals surface area contributed by atoms with Crippen molar-refractivity contribution in [3.8, 4) is 6.07 Å². The van der Waals surface area contributed by atoms with Crippen molar-refractivity contribution in [1.82, 2.24) is 0 Å². The first-order chi connectivity index (χ1) is 14.5. The summed E-state index contributed by atoms with van der Waals surface area (Å²) in [6, 6.07) is 17.2. The molecule has 0 saturated carbocycles. The van der Waals surface area contributed by atoms with Crippen LogP contribution in [0.2, 0.25) is 0 Å². The standard InChI is InChI=1S/C24H20N4O2/c1-14-9-11-15(12-10-14)28-19-7-4-8-20(29)21(19)24(17(13-25)22(28)26)16-5-2-3-6-18(16)27-23(24)30/h2-3,5-6,9-12H,4,7-8,26H2,1H3,(H,27,30)/t24-/m1/s1. The maximum absolute atomic E-state index is 13.5. The lowest BCUT2D eigenvalue weighted by atomic mass is 9.64. The number of anilines is 2. The van der Waals surface area contributed by atoms with E-state index in [0.717, 1.165) is 11.3 Å². The number of amides is 1. The minimum Gasteiger partial charge on any atom is -0.384 e. The van der Waals surface area contributed by atoms with Crippen LogP contribution in [0.25, 0.3) is 0 Å². The molecule has 2 aromatic carbocycles. The van der Waals surface area contributed by atoms with Crippen LogP contribution in [0.4, 0.5) is 11.4 Å². The third-order valence-corrected chi connectivity index (χ3v) is 6.23. The van der Waals surface area contributed by atoms with Crippen molar-refractivity contribution in [2.24, 2.45) is 5.73 Å². The molecule has 30 heavy (non-hydrogen) atoms. The van der Waals surface area contributed by atoms with E-state index in [2.05, 4.69) is 11.4 Å². The summed E-state index contributed by atoms with van der Waals surface area (Å²) in [6.45, 7) is 1.99. The van der Waals surface area contributed by atoms with Gasteiger partial charge in [-0.1, -0.05) is 35.9 Å². The number of allylic oxidation sites excluding steroid dienone is 1. The maximum atomic E-state index is 13.5. The first-order valence-corrected chi connectivity index (χ1v) is 9.95. The summed E-state index contributed by atoms with van der Waals surface area (Å²) in [5, 5.41) is 13.1. The lowest BCUT2D eigenvalue weighted by molar-refractivity contribution is -0.122. The van der Waals surface area contributed by atoms with Gasteiger partial charge in [0, 0.05) is 34.6 Å². The number of ketones is 1. The van der Waals surface area contributed by atoms with Gasteiger partial charge in [0.05, 0.1) is 5.57 Å². The fourth-order valence-corrected chi connectivity index (χ4v) is 4.93. The molecule has 5 rings (SSSR count). The number of hydrogen-bond donors (Lipinski definition) is 2. The summed E-state index contributed by atoms with van der Waals surface area (Å²) in [5.41, 5.74) is 9.36. The van der Waals surface area contributed by atoms with E-state index in [1.807, 2.05) is 43.3 Å². The Labute approximate surface area is 174 Å². The largest absolute Gasteiger partial charge is 0.384 e. The molecule has 0 fully saturated rings. The van der Waals surface area contributed by atoms with Crippen LogP contribution < -0.4 is 16.0 Å². The van der Waals surface area contributed by atoms with E-state index < -0.39 is 11.3 Å². The number of Topliss-reactive ketones (excluding diaryl/α,β-unsaturated/α-hetero) is 1. The number of carbonyl (C=O) groups excluding carboxylic acids is 2. The van der Waals surface area contributed by atoms with Crippen molar-refractivity contribution in [3.63, 3.8) is 0 Å². The fourth-order valence-electron chi connectivity index (χ4n) is 4.93. The topological polar surface area (TPSA) is 99.2 Å². The normalized spacial score (nSPS) is 22.7. The summed E-state index contributed by atoms with van der Waals surface area (Å²) < 4.78 is 0. The van der Waals surface area contributed by atoms with Crippen molar-refractivity contribution >= 4 is 23.1 Å². The smallest absolute Gasteiger partial charge is 0.245 e. The summed E-state index contributed by atoms with van der Waals surface area (Å²) >= 11 is 0. The molecule has 0 bridgehead atoms. The van der Waals surface area contributed by atoms with E-state index >= 15 is 0 Å². The van der Waals surface area contributed by atoms with Gasteiger partial charge in [-0.05, 0) is 38.0 Å². The van der Waals surface area contributed by atoms with Gasteiger partial charge in [-0.25, -0.2) is 0 Å². The van der Waals surface area contributed by atoms with E-state index in [1.54, 1.807) is 17.0 Å². The number of nitrogens with two attached hydrogens (primary N) is 1. The molecule has 2 aromatic rings. The van der Waals surface area contributed by atoms with Gasteiger partial charge in [-0.2, -0.15) is 5.26 Å². The van der Waals surface area contributed by atoms with Gasteiger partial charge in [-0.15, -0.1) is 0 Å². The van der Waals surface area contributed by atoms with E-state index in [0.29, 0.717) is 41.8 Å². The second-order valence-electron chi connectivity index (χ2n) is 7.89. The van der Waals surface area contributed by atoms with Crippen molar-refractivity contribution in [3.05, 3.63) is 82.3 Å². The van der Waals surface area contributed by atoms with Gasteiger partial charge < -0.3 is 11.1 Å². The van der Waals surface area contributed by atoms with Crippen LogP contribution in [-0.4, -0.2) is 11.7 Å². The molecule has 3 N–H and O–H groups in total. The molecule has 1 atom stereocenters. The molecule has 3 aliphatic rings. The molecule has 0 aromatic heterocycles. The molecule has 6 nitrogen and oxygen atoms in total. The average molecular weight is 396 g/mol. The first kappa shape index (κ1) is 18.2. The molecule has 6 heteroatoms. The van der Waals surface area contributed by atoms with Gasteiger partial charge >= 0.3 is 0 Å². The molecule has 0 saturated heterocycles. The third-order valence-electron chi connectivity index (χ3n) is 6.23. The second-order valence-corrected chi connectivity index (χ2v) is 7.89. The number of para-hydroxylation sites is 1. The number of nitrogens with zero attached hydrogens (tertiary/aromatic N) is 2. The molecule has 1 spiro atoms. The quantitative estimate of drug-likeness (QED) is 0.770. The number of rotatable bonds is 1. The van der Waals surface area contributed by atoms with Crippen molar-refractivity contribution < 1.29 is 9.59 Å². The Hall–Kier alpha value is -3.85. The molecular formula is C24H20N4O2. The SMILES string of the molecule is Cc1ccc(N2C(N)=C(C#N)[C@@]3(C(=O)Nc4ccccc43)C3=C2CCCC3=O)cc1. The van der Waals surface area contributed by atoms with Crippen molar-refractivity contribution in [1.29, 1.82) is 5.26 Å². The predicted molar refractivity (Wildman–Crippen MR) is 113 cm³/mol. The predicted octanol–water partition coefficient (Wildman–Crippen LogP) is 3.41. The third kappa shape index (κ3) is 2.17. The van der Waals surface area contributed by atoms with Crippen LogP contribution in [0.5, 0.6) is 0 Å². The number of fused-ring (bicyclic) bond motifs is 3. The zero-order valence-electron chi connectivity index (χ0n) is 16.5. The molecule has 1 aliphatic carbocycles. The Balaban J connectivity index is 1.87. The van der Waals surface area contributed by atoms with Crippen molar-refractivity contribution in [2.75, 3.05) is 10.2 Å². The Morgan fingerprint density at radius 3 is 2.57 bits per heavy atom. The van der Waals surface area contributed by atoms with Gasteiger partial charge in [0.1, 0.15) is 17.3 Å². The van der Waals surface area contributed by atoms with Crippen LogP contribution in [0, 0.1) is 18.3 Å². The Kier molecular flexibility index (Phi) is 3.84. The molecule has 2 heterocycles. The van der Waals surface area contributed by atoms with E-state index in [4.69, 9.17) is 5.73 Å². The van der Waals surface area contributed by atoms with Gasteiger partial charge in [0.25, 0.3) is 0 Å². The summed E-state index contributed by atoms with van der Waals surface area (Å²) in [6.07, 6.45) is 1.62. The van der Waals surface area contributed by atoms with Gasteiger partial charge in [-0.3, -0.25) is 14.5 Å². The number of carbonyl (C=O) groups is 2. The monoisotopic (exact) mass is 396 g/mol. The van der Waals surface area contributed by atoms with E-state index in [-0.39, 0.29) is 17.2 Å². The number of nitriles is 1. The lowest BCUT2D eigenvalue weighted by Gasteiger charge is -2.43. The number of nitrogens with one attached hydrogen (secondary N) is 1. The first-order valence-electron chi connectivity index (χ1n) is 9.95. The zero-order valence-corrected chi connectivity index (χ0v) is 16.5. The fraction of sp³-hybridized carbons (Fsp3) is 0.208. The highest BCUT2D eigenvalue weighted by Gasteiger charge is 2.59. The maximum Gasteiger partial charge on any atom is 0.245 e. The second kappa shape index (κ2) is 6.33. The minimum atomic E-state index is -1.50. The van der Waals surface area contributed by atoms with Crippen LogP contribution in [0.15, 0.2) is 71.2 Å². The molecule has 2 aliphatic heterocycles. The molecule has 0 radical (unpaired) electrons.